The van der Waals surface area contributed by atoms with Gasteiger partial charge in [-0.15, -0.1) is 10.2 Å². The molecule has 0 aliphatic rings. The number of carbonyl (C=O) groups excluding carboxylic acids is 3. The van der Waals surface area contributed by atoms with Crippen LogP contribution in [-0.2, 0) is 9.53 Å². The van der Waals surface area contributed by atoms with Gasteiger partial charge in [0.2, 0.25) is 11.8 Å². The summed E-state index contributed by atoms with van der Waals surface area (Å²) in [6.45, 7) is 3.19. The van der Waals surface area contributed by atoms with Crippen LogP contribution in [0.2, 0.25) is 0 Å². The lowest BCUT2D eigenvalue weighted by Gasteiger charge is -2.04. The molecule has 0 fully saturated rings. The molecule has 0 aromatic carbocycles. The summed E-state index contributed by atoms with van der Waals surface area (Å²) in [7, 11) is 0. The van der Waals surface area contributed by atoms with Crippen LogP contribution in [0.5, 0.6) is 0 Å². The average molecular weight is 419 g/mol. The van der Waals surface area contributed by atoms with E-state index in [-0.39, 0.29) is 46.2 Å². The highest BCUT2D eigenvalue weighted by molar-refractivity contribution is 7.99. The van der Waals surface area contributed by atoms with Crippen molar-refractivity contribution in [3.8, 4) is 11.6 Å². The van der Waals surface area contributed by atoms with Crippen LogP contribution in [0.4, 0.5) is 5.88 Å². The highest BCUT2D eigenvalue weighted by Crippen LogP contribution is 2.28. The largest absolute Gasteiger partial charge is 0.462 e. The summed E-state index contributed by atoms with van der Waals surface area (Å²) in [6.07, 6.45) is 1.71. The molecule has 0 saturated carbocycles. The molecular weight excluding hydrogens is 402 g/mol. The number of nitrogens with one attached hydrogen (secondary N) is 2. The fraction of sp³-hybridized carbons (Fsp3) is 0.235. The molecular formula is C17H17N5O6S. The number of anilines is 1. The number of nitrogens with zero attached hydrogens (tertiary/aromatic N) is 2. The number of ether oxygens (including phenoxy) is 1. The molecule has 0 aliphatic carbocycles. The number of aromatic amines is 1. The Morgan fingerprint density at radius 1 is 1.28 bits per heavy atom. The van der Waals surface area contributed by atoms with Gasteiger partial charge in [-0.25, -0.2) is 4.79 Å². The van der Waals surface area contributed by atoms with E-state index in [1.165, 1.54) is 6.92 Å². The maximum Gasteiger partial charge on any atom is 0.342 e. The zero-order valence-corrected chi connectivity index (χ0v) is 16.3. The molecule has 4 N–H and O–H groups in total. The number of aryl methyl sites for hydroxylation is 1. The number of furan rings is 1. The third kappa shape index (κ3) is 4.48. The highest BCUT2D eigenvalue weighted by atomic mass is 32.2. The molecule has 3 rings (SSSR count). The van der Waals surface area contributed by atoms with E-state index in [2.05, 4.69) is 20.5 Å². The zero-order chi connectivity index (χ0) is 21.0. The van der Waals surface area contributed by atoms with E-state index in [0.717, 1.165) is 11.8 Å². The van der Waals surface area contributed by atoms with Gasteiger partial charge in [0.05, 0.1) is 12.4 Å². The van der Waals surface area contributed by atoms with E-state index >= 15 is 0 Å². The number of rotatable bonds is 8. The molecule has 152 valence electrons. The molecule has 0 spiro atoms. The Hall–Kier alpha value is -3.54. The second-order valence-electron chi connectivity index (χ2n) is 5.62. The second-order valence-corrected chi connectivity index (χ2v) is 6.54. The van der Waals surface area contributed by atoms with Crippen molar-refractivity contribution >= 4 is 35.4 Å². The minimum Gasteiger partial charge on any atom is -0.462 e. The summed E-state index contributed by atoms with van der Waals surface area (Å²) in [5.41, 5.74) is 5.64. The van der Waals surface area contributed by atoms with E-state index in [1.54, 1.807) is 25.3 Å². The Bertz CT molecular complexity index is 1040. The van der Waals surface area contributed by atoms with Crippen LogP contribution < -0.4 is 11.1 Å². The highest BCUT2D eigenvalue weighted by Gasteiger charge is 2.29. The van der Waals surface area contributed by atoms with Crippen molar-refractivity contribution in [1.29, 1.82) is 0 Å². The molecule has 3 aromatic rings. The van der Waals surface area contributed by atoms with E-state index in [0.29, 0.717) is 5.69 Å². The van der Waals surface area contributed by atoms with Gasteiger partial charge < -0.3 is 24.3 Å². The summed E-state index contributed by atoms with van der Waals surface area (Å²) >= 11 is 0.990. The molecule has 3 heterocycles. The molecule has 0 radical (unpaired) electrons. The lowest BCUT2D eigenvalue weighted by atomic mass is 10.1. The van der Waals surface area contributed by atoms with Crippen LogP contribution >= 0.6 is 11.8 Å². The minimum atomic E-state index is -0.930. The first kappa shape index (κ1) is 20.2. The van der Waals surface area contributed by atoms with Crippen LogP contribution in [-0.4, -0.2) is 45.3 Å². The van der Waals surface area contributed by atoms with E-state index in [9.17, 15) is 14.4 Å². The Morgan fingerprint density at radius 2 is 2.07 bits per heavy atom. The molecule has 12 heteroatoms. The van der Waals surface area contributed by atoms with Crippen LogP contribution in [0, 0.1) is 6.92 Å². The van der Waals surface area contributed by atoms with E-state index in [4.69, 9.17) is 19.3 Å². The summed E-state index contributed by atoms with van der Waals surface area (Å²) in [5, 5.41) is 10.3. The van der Waals surface area contributed by atoms with Gasteiger partial charge in [-0.05, 0) is 26.0 Å². The lowest BCUT2D eigenvalue weighted by Crippen LogP contribution is -2.21. The molecule has 3 aromatic heterocycles. The van der Waals surface area contributed by atoms with Crippen LogP contribution in [0.15, 0.2) is 32.4 Å². The van der Waals surface area contributed by atoms with Crippen molar-refractivity contribution in [2.45, 2.75) is 19.1 Å². The first-order chi connectivity index (χ1) is 13.9. The van der Waals surface area contributed by atoms with Crippen LogP contribution in [0.1, 0.15) is 33.4 Å². The predicted octanol–water partition coefficient (Wildman–Crippen LogP) is 1.97. The summed E-state index contributed by atoms with van der Waals surface area (Å²) in [4.78, 5) is 39.0. The fourth-order valence-corrected chi connectivity index (χ4v) is 3.01. The van der Waals surface area contributed by atoms with Gasteiger partial charge >= 0.3 is 5.97 Å². The van der Waals surface area contributed by atoms with Gasteiger partial charge in [-0.3, -0.25) is 14.9 Å². The van der Waals surface area contributed by atoms with Crippen LogP contribution in [0.25, 0.3) is 11.6 Å². The van der Waals surface area contributed by atoms with Gasteiger partial charge in [0.1, 0.15) is 22.6 Å². The number of thioether (sulfide) groups is 1. The third-order valence-corrected chi connectivity index (χ3v) is 4.44. The summed E-state index contributed by atoms with van der Waals surface area (Å²) < 4.78 is 15.7. The van der Waals surface area contributed by atoms with Crippen molar-refractivity contribution in [1.82, 2.24) is 15.2 Å². The molecule has 29 heavy (non-hydrogen) atoms. The molecule has 0 bridgehead atoms. The monoisotopic (exact) mass is 419 g/mol. The Kier molecular flexibility index (Phi) is 6.02. The van der Waals surface area contributed by atoms with Crippen LogP contribution in [0.3, 0.4) is 0 Å². The molecule has 0 unspecified atom stereocenters. The molecule has 11 nitrogen and oxygen atoms in total. The van der Waals surface area contributed by atoms with E-state index < -0.39 is 17.8 Å². The van der Waals surface area contributed by atoms with Crippen molar-refractivity contribution < 1.29 is 28.0 Å². The third-order valence-electron chi connectivity index (χ3n) is 3.62. The Labute approximate surface area is 168 Å². The predicted molar refractivity (Wildman–Crippen MR) is 101 cm³/mol. The zero-order valence-electron chi connectivity index (χ0n) is 15.5. The lowest BCUT2D eigenvalue weighted by molar-refractivity contribution is -0.113. The van der Waals surface area contributed by atoms with Gasteiger partial charge in [0.25, 0.3) is 17.0 Å². The maximum atomic E-state index is 12.3. The van der Waals surface area contributed by atoms with Crippen molar-refractivity contribution in [3.05, 3.63) is 35.2 Å². The average Bonchev–Trinajstić information content (AvgIpc) is 3.39. The second kappa shape index (κ2) is 8.65. The number of H-pyrrole nitrogens is 1. The van der Waals surface area contributed by atoms with Gasteiger partial charge in [0, 0.05) is 6.20 Å². The molecule has 0 atom stereocenters. The summed E-state index contributed by atoms with van der Waals surface area (Å²) in [5.74, 6) is -2.16. The van der Waals surface area contributed by atoms with E-state index in [1.807, 2.05) is 0 Å². The van der Waals surface area contributed by atoms with Gasteiger partial charge in [-0.1, -0.05) is 11.8 Å². The fourth-order valence-electron chi connectivity index (χ4n) is 2.45. The number of hydrogen-bond donors (Lipinski definition) is 3. The number of amides is 2. The Morgan fingerprint density at radius 3 is 2.72 bits per heavy atom. The number of carbonyl (C=O) groups is 3. The Balaban J connectivity index is 1.68. The van der Waals surface area contributed by atoms with Crippen molar-refractivity contribution in [3.63, 3.8) is 0 Å². The molecule has 2 amide bonds. The van der Waals surface area contributed by atoms with Gasteiger partial charge in [-0.2, -0.15) is 0 Å². The smallest absolute Gasteiger partial charge is 0.342 e. The quantitative estimate of drug-likeness (QED) is 0.365. The topological polar surface area (TPSA) is 166 Å². The normalized spacial score (nSPS) is 10.7. The van der Waals surface area contributed by atoms with Gasteiger partial charge in [0.15, 0.2) is 0 Å². The standard InChI is InChI=1S/C17H17N5O6S/c1-3-26-16(25)11-8(2)27-15(12(11)13(18)24)20-10(23)7-29-17-22-21-14(28-17)9-5-4-6-19-9/h4-6,19H,3,7H2,1-2H3,(H2,18,24)(H,20,23). The summed E-state index contributed by atoms with van der Waals surface area (Å²) in [6, 6.07) is 3.55. The number of hydrogen-bond acceptors (Lipinski definition) is 9. The first-order valence-electron chi connectivity index (χ1n) is 8.41. The molecule has 0 saturated heterocycles. The van der Waals surface area contributed by atoms with Crippen molar-refractivity contribution in [2.75, 3.05) is 17.7 Å². The SMILES string of the molecule is CCOC(=O)c1c(C)oc(NC(=O)CSc2nnc(-c3ccc[nH]3)o2)c1C(N)=O. The minimum absolute atomic E-state index is 0.104. The number of primary amides is 1. The maximum absolute atomic E-state index is 12.3. The number of aromatic nitrogens is 3. The first-order valence-corrected chi connectivity index (χ1v) is 9.39. The number of nitrogens with two attached hydrogens (primary N) is 1. The molecule has 0 aliphatic heterocycles. The number of esters is 1. The van der Waals surface area contributed by atoms with Crippen molar-refractivity contribution in [2.24, 2.45) is 5.73 Å².